The average Bonchev–Trinajstić information content (AvgIpc) is 3.24. The molecule has 124 valence electrons. The van der Waals surface area contributed by atoms with Gasteiger partial charge in [-0.3, -0.25) is 4.79 Å². The normalized spacial score (nSPS) is 15.8. The van der Waals surface area contributed by atoms with Gasteiger partial charge in [0.15, 0.2) is 5.65 Å². The van der Waals surface area contributed by atoms with Crippen molar-refractivity contribution in [3.63, 3.8) is 0 Å². The summed E-state index contributed by atoms with van der Waals surface area (Å²) < 4.78 is 1.80. The zero-order chi connectivity index (χ0) is 16.5. The van der Waals surface area contributed by atoms with Crippen LogP contribution in [0.25, 0.3) is 5.65 Å². The van der Waals surface area contributed by atoms with Gasteiger partial charge >= 0.3 is 0 Å². The average molecular weight is 341 g/mol. The predicted molar refractivity (Wildman–Crippen MR) is 94.6 cm³/mol. The Bertz CT molecular complexity index is 849. The lowest BCUT2D eigenvalue weighted by Gasteiger charge is -2.32. The smallest absolute Gasteiger partial charge is 0.254 e. The van der Waals surface area contributed by atoms with Crippen LogP contribution < -0.4 is 5.32 Å². The molecule has 1 fully saturated rings. The number of nitrogens with zero attached hydrogens (tertiary/aromatic N) is 4. The molecule has 1 aliphatic rings. The highest BCUT2D eigenvalue weighted by Crippen LogP contribution is 2.21. The van der Waals surface area contributed by atoms with E-state index >= 15 is 0 Å². The lowest BCUT2D eigenvalue weighted by Crippen LogP contribution is -2.42. The number of hydrogen-bond donors (Lipinski definition) is 1. The molecule has 1 N–H and O–H groups in total. The molecule has 4 rings (SSSR count). The Morgan fingerprint density at radius 1 is 1.33 bits per heavy atom. The second kappa shape index (κ2) is 6.24. The number of amides is 1. The van der Waals surface area contributed by atoms with Crippen LogP contribution in [0.15, 0.2) is 35.2 Å². The number of aryl methyl sites for hydroxylation is 1. The summed E-state index contributed by atoms with van der Waals surface area (Å²) >= 11 is 1.56. The maximum Gasteiger partial charge on any atom is 0.254 e. The number of thiophene rings is 1. The third-order valence-electron chi connectivity index (χ3n) is 4.38. The first-order valence-electron chi connectivity index (χ1n) is 8.11. The molecule has 3 aromatic rings. The Hall–Kier alpha value is -2.41. The summed E-state index contributed by atoms with van der Waals surface area (Å²) in [5.74, 6) is 0.908. The maximum atomic E-state index is 12.4. The second-order valence-electron chi connectivity index (χ2n) is 6.07. The van der Waals surface area contributed by atoms with Gasteiger partial charge in [0.2, 0.25) is 0 Å². The van der Waals surface area contributed by atoms with Crippen LogP contribution in [0.4, 0.5) is 5.69 Å². The molecule has 6 nitrogen and oxygen atoms in total. The van der Waals surface area contributed by atoms with Crippen LogP contribution in [0.1, 0.15) is 29.0 Å². The molecule has 4 heterocycles. The van der Waals surface area contributed by atoms with Crippen LogP contribution in [-0.4, -0.2) is 44.5 Å². The van der Waals surface area contributed by atoms with Crippen LogP contribution in [0.3, 0.4) is 0 Å². The quantitative estimate of drug-likeness (QED) is 0.796. The number of anilines is 1. The molecule has 0 unspecified atom stereocenters. The third-order valence-corrected chi connectivity index (χ3v) is 5.06. The molecule has 0 atom stereocenters. The molecule has 1 aliphatic heterocycles. The highest BCUT2D eigenvalue weighted by atomic mass is 32.1. The molecular weight excluding hydrogens is 322 g/mol. The number of fused-ring (bicyclic) bond motifs is 1. The van der Waals surface area contributed by atoms with Crippen LogP contribution >= 0.6 is 11.3 Å². The van der Waals surface area contributed by atoms with Crippen molar-refractivity contribution in [3.05, 3.63) is 46.5 Å². The largest absolute Gasteiger partial charge is 0.379 e. The van der Waals surface area contributed by atoms with Crippen molar-refractivity contribution in [1.29, 1.82) is 0 Å². The van der Waals surface area contributed by atoms with Crippen molar-refractivity contribution in [1.82, 2.24) is 19.5 Å². The second-order valence-corrected chi connectivity index (χ2v) is 6.85. The Balaban J connectivity index is 1.42. The van der Waals surface area contributed by atoms with Gasteiger partial charge in [-0.05, 0) is 43.3 Å². The summed E-state index contributed by atoms with van der Waals surface area (Å²) in [6.07, 6.45) is 3.77. The van der Waals surface area contributed by atoms with Crippen LogP contribution in [-0.2, 0) is 0 Å². The number of carbonyl (C=O) groups excluding carboxylic acids is 1. The monoisotopic (exact) mass is 341 g/mol. The number of rotatable bonds is 3. The Morgan fingerprint density at radius 3 is 2.92 bits per heavy atom. The van der Waals surface area contributed by atoms with E-state index in [9.17, 15) is 4.79 Å². The fraction of sp³-hybridized carbons (Fsp3) is 0.353. The van der Waals surface area contributed by atoms with E-state index < -0.39 is 0 Å². The van der Waals surface area contributed by atoms with E-state index in [4.69, 9.17) is 0 Å². The van der Waals surface area contributed by atoms with E-state index in [1.165, 1.54) is 0 Å². The van der Waals surface area contributed by atoms with E-state index in [1.54, 1.807) is 15.9 Å². The van der Waals surface area contributed by atoms with Crippen LogP contribution in [0.5, 0.6) is 0 Å². The lowest BCUT2D eigenvalue weighted by atomic mass is 10.0. The molecule has 0 saturated carbocycles. The summed E-state index contributed by atoms with van der Waals surface area (Å²) in [7, 11) is 0. The van der Waals surface area contributed by atoms with E-state index in [0.29, 0.717) is 6.04 Å². The zero-order valence-electron chi connectivity index (χ0n) is 13.5. The number of aromatic nitrogens is 3. The molecule has 7 heteroatoms. The molecule has 24 heavy (non-hydrogen) atoms. The summed E-state index contributed by atoms with van der Waals surface area (Å²) in [6, 6.07) is 6.25. The third kappa shape index (κ3) is 2.87. The van der Waals surface area contributed by atoms with Gasteiger partial charge < -0.3 is 10.2 Å². The first-order chi connectivity index (χ1) is 11.7. The molecule has 0 aliphatic carbocycles. The fourth-order valence-corrected chi connectivity index (χ4v) is 3.77. The van der Waals surface area contributed by atoms with E-state index in [0.717, 1.165) is 48.7 Å². The number of piperidine rings is 1. The van der Waals surface area contributed by atoms with Crippen molar-refractivity contribution < 1.29 is 4.79 Å². The first-order valence-corrected chi connectivity index (χ1v) is 9.05. The Morgan fingerprint density at radius 2 is 2.17 bits per heavy atom. The Kier molecular flexibility index (Phi) is 3.93. The fourth-order valence-electron chi connectivity index (χ4n) is 3.14. The minimum atomic E-state index is 0.143. The molecule has 3 aromatic heterocycles. The molecular formula is C17H19N5OS. The predicted octanol–water partition coefficient (Wildman–Crippen LogP) is 2.82. The van der Waals surface area contributed by atoms with E-state index in [1.807, 2.05) is 47.0 Å². The lowest BCUT2D eigenvalue weighted by molar-refractivity contribution is 0.0719. The van der Waals surface area contributed by atoms with Crippen molar-refractivity contribution in [2.24, 2.45) is 0 Å². The van der Waals surface area contributed by atoms with Gasteiger partial charge in [0.1, 0.15) is 5.82 Å². The van der Waals surface area contributed by atoms with Crippen LogP contribution in [0, 0.1) is 6.92 Å². The van der Waals surface area contributed by atoms with E-state index in [-0.39, 0.29) is 5.91 Å². The van der Waals surface area contributed by atoms with Gasteiger partial charge in [-0.1, -0.05) is 0 Å². The van der Waals surface area contributed by atoms with Gasteiger partial charge in [0, 0.05) is 30.7 Å². The van der Waals surface area contributed by atoms with Crippen molar-refractivity contribution in [3.8, 4) is 0 Å². The standard InChI is InChI=1S/C17H19N5OS/c1-12-18-16-15(3-2-7-22(16)20-12)19-14-4-8-21(9-5-14)17(23)13-6-10-24-11-13/h2-3,6-7,10-11,14,19H,4-5,8-9H2,1H3. The van der Waals surface area contributed by atoms with Crippen LogP contribution in [0.2, 0.25) is 0 Å². The summed E-state index contributed by atoms with van der Waals surface area (Å²) in [5, 5.41) is 11.8. The minimum absolute atomic E-state index is 0.143. The minimum Gasteiger partial charge on any atom is -0.379 e. The van der Waals surface area contributed by atoms with Crippen molar-refractivity contribution in [2.45, 2.75) is 25.8 Å². The van der Waals surface area contributed by atoms with E-state index in [2.05, 4.69) is 15.4 Å². The number of likely N-dealkylation sites (tertiary alicyclic amines) is 1. The molecule has 0 radical (unpaired) electrons. The van der Waals surface area contributed by atoms with Gasteiger partial charge in [-0.15, -0.1) is 0 Å². The molecule has 0 aromatic carbocycles. The summed E-state index contributed by atoms with van der Waals surface area (Å²) in [6.45, 7) is 3.45. The number of nitrogens with one attached hydrogen (secondary N) is 1. The topological polar surface area (TPSA) is 62.5 Å². The van der Waals surface area contributed by atoms with Crippen molar-refractivity contribution >= 4 is 28.6 Å². The number of pyridine rings is 1. The SMILES string of the molecule is Cc1nc2c(NC3CCN(C(=O)c4ccsc4)CC3)cccn2n1. The van der Waals surface area contributed by atoms with Gasteiger partial charge in [0.25, 0.3) is 5.91 Å². The summed E-state index contributed by atoms with van der Waals surface area (Å²) in [4.78, 5) is 18.8. The molecule has 0 bridgehead atoms. The van der Waals surface area contributed by atoms with Gasteiger partial charge in [0.05, 0.1) is 11.3 Å². The molecule has 1 amide bonds. The molecule has 1 saturated heterocycles. The highest BCUT2D eigenvalue weighted by molar-refractivity contribution is 7.08. The zero-order valence-corrected chi connectivity index (χ0v) is 14.3. The number of carbonyl (C=O) groups is 1. The molecule has 0 spiro atoms. The van der Waals surface area contributed by atoms with Gasteiger partial charge in [-0.2, -0.15) is 16.4 Å². The number of hydrogen-bond acceptors (Lipinski definition) is 5. The van der Waals surface area contributed by atoms with Gasteiger partial charge in [-0.25, -0.2) is 9.50 Å². The Labute approximate surface area is 144 Å². The highest BCUT2D eigenvalue weighted by Gasteiger charge is 2.24. The summed E-state index contributed by atoms with van der Waals surface area (Å²) in [5.41, 5.74) is 2.66. The van der Waals surface area contributed by atoms with Crippen molar-refractivity contribution in [2.75, 3.05) is 18.4 Å². The maximum absolute atomic E-state index is 12.4. The first kappa shape index (κ1) is 15.1.